The van der Waals surface area contributed by atoms with Gasteiger partial charge in [-0.25, -0.2) is 4.98 Å². The molecule has 3 heterocycles. The van der Waals surface area contributed by atoms with Gasteiger partial charge < -0.3 is 9.32 Å². The van der Waals surface area contributed by atoms with Gasteiger partial charge in [-0.3, -0.25) is 9.69 Å². The number of likely N-dealkylation sites (tertiary alicyclic amines) is 1. The maximum absolute atomic E-state index is 12.7. The Kier molecular flexibility index (Phi) is 4.57. The molecule has 1 amide bonds. The first-order valence-electron chi connectivity index (χ1n) is 9.23. The van der Waals surface area contributed by atoms with Crippen molar-refractivity contribution in [2.45, 2.75) is 39.3 Å². The number of benzene rings is 1. The van der Waals surface area contributed by atoms with Gasteiger partial charge in [0.05, 0.1) is 5.69 Å². The van der Waals surface area contributed by atoms with Crippen molar-refractivity contribution in [2.75, 3.05) is 19.6 Å². The van der Waals surface area contributed by atoms with Gasteiger partial charge in [-0.1, -0.05) is 37.3 Å². The van der Waals surface area contributed by atoms with Gasteiger partial charge in [0.2, 0.25) is 0 Å². The molecule has 5 nitrogen and oxygen atoms in total. The molecule has 0 radical (unpaired) electrons. The molecule has 2 aliphatic heterocycles. The number of hydrogen-bond donors (Lipinski definition) is 0. The van der Waals surface area contributed by atoms with E-state index in [0.29, 0.717) is 5.92 Å². The first-order valence-corrected chi connectivity index (χ1v) is 9.23. The summed E-state index contributed by atoms with van der Waals surface area (Å²) in [5.74, 6) is 1.68. The van der Waals surface area contributed by atoms with Crippen LogP contribution >= 0.6 is 0 Å². The molecule has 2 aliphatic rings. The first-order chi connectivity index (χ1) is 12.2. The molecule has 132 valence electrons. The highest BCUT2D eigenvalue weighted by molar-refractivity contribution is 5.89. The average Bonchev–Trinajstić information content (AvgIpc) is 3.05. The molecule has 0 N–H and O–H groups in total. The van der Waals surface area contributed by atoms with Crippen LogP contribution in [0.15, 0.2) is 34.7 Å². The summed E-state index contributed by atoms with van der Waals surface area (Å²) in [5.41, 5.74) is 2.23. The Morgan fingerprint density at radius 1 is 1.28 bits per heavy atom. The predicted molar refractivity (Wildman–Crippen MR) is 95.1 cm³/mol. The summed E-state index contributed by atoms with van der Waals surface area (Å²) in [5, 5.41) is 0. The molecule has 0 bridgehead atoms. The third kappa shape index (κ3) is 3.61. The Bertz CT molecular complexity index is 741. The lowest BCUT2D eigenvalue weighted by Crippen LogP contribution is -2.39. The summed E-state index contributed by atoms with van der Waals surface area (Å²) in [4.78, 5) is 21.5. The fourth-order valence-electron chi connectivity index (χ4n) is 3.83. The van der Waals surface area contributed by atoms with Crippen LogP contribution in [0.5, 0.6) is 0 Å². The Hall–Kier alpha value is -2.14. The van der Waals surface area contributed by atoms with Crippen LogP contribution in [0, 0.1) is 5.92 Å². The summed E-state index contributed by atoms with van der Waals surface area (Å²) < 4.78 is 5.83. The molecule has 1 fully saturated rings. The summed E-state index contributed by atoms with van der Waals surface area (Å²) in [6.07, 6.45) is 3.08. The number of carbonyl (C=O) groups excluding carboxylic acids is 1. The van der Waals surface area contributed by atoms with Gasteiger partial charge in [0.1, 0.15) is 5.76 Å². The molecular weight excluding hydrogens is 314 g/mol. The highest BCUT2D eigenvalue weighted by Gasteiger charge is 2.29. The van der Waals surface area contributed by atoms with Crippen LogP contribution < -0.4 is 0 Å². The summed E-state index contributed by atoms with van der Waals surface area (Å²) >= 11 is 0. The monoisotopic (exact) mass is 339 g/mol. The lowest BCUT2D eigenvalue weighted by Gasteiger charge is -2.29. The third-order valence-electron chi connectivity index (χ3n) is 5.18. The van der Waals surface area contributed by atoms with E-state index in [1.54, 1.807) is 0 Å². The van der Waals surface area contributed by atoms with E-state index in [1.807, 2.05) is 11.0 Å². The number of rotatable bonds is 3. The van der Waals surface area contributed by atoms with Crippen molar-refractivity contribution in [3.8, 4) is 0 Å². The number of carbonyl (C=O) groups is 1. The summed E-state index contributed by atoms with van der Waals surface area (Å²) in [6.45, 7) is 6.41. The van der Waals surface area contributed by atoms with Crippen LogP contribution in [0.2, 0.25) is 0 Å². The quantitative estimate of drug-likeness (QED) is 0.862. The van der Waals surface area contributed by atoms with E-state index in [4.69, 9.17) is 4.42 Å². The second-order valence-electron chi connectivity index (χ2n) is 7.33. The van der Waals surface area contributed by atoms with Crippen molar-refractivity contribution in [3.05, 3.63) is 53.2 Å². The Labute approximate surface area is 148 Å². The molecule has 0 unspecified atom stereocenters. The van der Waals surface area contributed by atoms with E-state index >= 15 is 0 Å². The van der Waals surface area contributed by atoms with Gasteiger partial charge in [-0.2, -0.15) is 0 Å². The van der Waals surface area contributed by atoms with Gasteiger partial charge in [-0.05, 0) is 24.3 Å². The highest BCUT2D eigenvalue weighted by atomic mass is 16.4. The van der Waals surface area contributed by atoms with E-state index < -0.39 is 0 Å². The molecule has 0 saturated carbocycles. The number of piperidine rings is 1. The van der Waals surface area contributed by atoms with E-state index in [9.17, 15) is 4.79 Å². The topological polar surface area (TPSA) is 49.6 Å². The number of nitrogens with zero attached hydrogens (tertiary/aromatic N) is 3. The van der Waals surface area contributed by atoms with Crippen molar-refractivity contribution in [2.24, 2.45) is 5.92 Å². The summed E-state index contributed by atoms with van der Waals surface area (Å²) in [7, 11) is 0. The predicted octanol–water partition coefficient (Wildman–Crippen LogP) is 3.11. The van der Waals surface area contributed by atoms with E-state index in [-0.39, 0.29) is 11.8 Å². The van der Waals surface area contributed by atoms with Crippen molar-refractivity contribution in [1.29, 1.82) is 0 Å². The van der Waals surface area contributed by atoms with Gasteiger partial charge in [0.15, 0.2) is 0 Å². The van der Waals surface area contributed by atoms with Gasteiger partial charge in [0.25, 0.3) is 5.89 Å². The molecule has 2 aromatic rings. The standard InChI is InChI=1S/C20H25N3O2/c1-15-6-5-10-23(12-15)20(24)19-21-17-14-22(11-9-18(17)25-19)13-16-7-3-2-4-8-16/h2-4,7-8,15H,5-6,9-14H2,1H3/t15-/m0/s1. The Morgan fingerprint density at radius 3 is 2.92 bits per heavy atom. The number of oxazole rings is 1. The normalized spacial score (nSPS) is 21.2. The maximum Gasteiger partial charge on any atom is 0.309 e. The second kappa shape index (κ2) is 7.00. The molecule has 1 saturated heterocycles. The van der Waals surface area contributed by atoms with E-state index in [2.05, 4.69) is 41.1 Å². The first kappa shape index (κ1) is 16.3. The van der Waals surface area contributed by atoms with Crippen molar-refractivity contribution in [1.82, 2.24) is 14.8 Å². The molecule has 1 aromatic heterocycles. The fourth-order valence-corrected chi connectivity index (χ4v) is 3.83. The maximum atomic E-state index is 12.7. The zero-order chi connectivity index (χ0) is 17.2. The molecule has 1 aromatic carbocycles. The Balaban J connectivity index is 1.44. The fraction of sp³-hybridized carbons (Fsp3) is 0.500. The number of amides is 1. The minimum atomic E-state index is -0.0458. The minimum Gasteiger partial charge on any atom is -0.437 e. The summed E-state index contributed by atoms with van der Waals surface area (Å²) in [6, 6.07) is 10.5. The molecular formula is C20H25N3O2. The van der Waals surface area contributed by atoms with Crippen LogP contribution in [-0.2, 0) is 19.5 Å². The van der Waals surface area contributed by atoms with Crippen LogP contribution in [0.3, 0.4) is 0 Å². The van der Waals surface area contributed by atoms with Crippen molar-refractivity contribution in [3.63, 3.8) is 0 Å². The lowest BCUT2D eigenvalue weighted by atomic mass is 10.0. The van der Waals surface area contributed by atoms with Crippen LogP contribution in [0.1, 0.15) is 47.5 Å². The largest absolute Gasteiger partial charge is 0.437 e. The minimum absolute atomic E-state index is 0.0458. The smallest absolute Gasteiger partial charge is 0.309 e. The molecule has 25 heavy (non-hydrogen) atoms. The van der Waals surface area contributed by atoms with Gasteiger partial charge in [-0.15, -0.1) is 0 Å². The molecule has 4 rings (SSSR count). The van der Waals surface area contributed by atoms with Gasteiger partial charge >= 0.3 is 5.91 Å². The van der Waals surface area contributed by atoms with Crippen LogP contribution in [-0.4, -0.2) is 40.3 Å². The van der Waals surface area contributed by atoms with Crippen LogP contribution in [0.25, 0.3) is 0 Å². The number of fused-ring (bicyclic) bond motifs is 1. The molecule has 5 heteroatoms. The van der Waals surface area contributed by atoms with E-state index in [0.717, 1.165) is 57.0 Å². The van der Waals surface area contributed by atoms with Crippen molar-refractivity contribution < 1.29 is 9.21 Å². The number of hydrogen-bond acceptors (Lipinski definition) is 4. The van der Waals surface area contributed by atoms with E-state index in [1.165, 1.54) is 12.0 Å². The third-order valence-corrected chi connectivity index (χ3v) is 5.18. The zero-order valence-corrected chi connectivity index (χ0v) is 14.8. The Morgan fingerprint density at radius 2 is 2.12 bits per heavy atom. The second-order valence-corrected chi connectivity index (χ2v) is 7.33. The average molecular weight is 339 g/mol. The molecule has 1 atom stereocenters. The van der Waals surface area contributed by atoms with Gasteiger partial charge in [0, 0.05) is 39.1 Å². The molecule has 0 aliphatic carbocycles. The zero-order valence-electron chi connectivity index (χ0n) is 14.8. The van der Waals surface area contributed by atoms with Crippen LogP contribution in [0.4, 0.5) is 0 Å². The number of aromatic nitrogens is 1. The molecule has 0 spiro atoms. The lowest BCUT2D eigenvalue weighted by molar-refractivity contribution is 0.0640. The van der Waals surface area contributed by atoms with Crippen molar-refractivity contribution >= 4 is 5.91 Å². The highest BCUT2D eigenvalue weighted by Crippen LogP contribution is 2.23. The SMILES string of the molecule is C[C@H]1CCCN(C(=O)c2nc3c(o2)CCN(Cc2ccccc2)C3)C1.